The van der Waals surface area contributed by atoms with Crippen LogP contribution < -0.4 is 11.1 Å². The van der Waals surface area contributed by atoms with Crippen LogP contribution >= 0.6 is 23.1 Å². The van der Waals surface area contributed by atoms with E-state index >= 15 is 0 Å². The fourth-order valence-electron chi connectivity index (χ4n) is 1.76. The van der Waals surface area contributed by atoms with Gasteiger partial charge >= 0.3 is 0 Å². The number of aromatic nitrogens is 1. The molecule has 0 bridgehead atoms. The highest BCUT2D eigenvalue weighted by atomic mass is 32.2. The Morgan fingerprint density at radius 1 is 1.43 bits per heavy atom. The number of carbonyl (C=O) groups is 1. The van der Waals surface area contributed by atoms with Gasteiger partial charge in [-0.1, -0.05) is 25.2 Å². The molecule has 1 aromatic heterocycles. The van der Waals surface area contributed by atoms with Crippen LogP contribution in [0.1, 0.15) is 26.7 Å². The van der Waals surface area contributed by atoms with Gasteiger partial charge in [-0.15, -0.1) is 0 Å². The molecule has 0 radical (unpaired) electrons. The van der Waals surface area contributed by atoms with Crippen LogP contribution in [0.3, 0.4) is 0 Å². The molecule has 3 N–H and O–H groups in total. The summed E-state index contributed by atoms with van der Waals surface area (Å²) < 4.78 is 0.997. The molecule has 4 nitrogen and oxygen atoms in total. The highest BCUT2D eigenvalue weighted by Gasteiger charge is 2.08. The molecular formula is C15H21N3OS2. The van der Waals surface area contributed by atoms with E-state index < -0.39 is 0 Å². The van der Waals surface area contributed by atoms with Crippen molar-refractivity contribution in [1.82, 2.24) is 4.98 Å². The Balaban J connectivity index is 1.78. The van der Waals surface area contributed by atoms with Crippen LogP contribution in [0.15, 0.2) is 18.2 Å². The lowest BCUT2D eigenvalue weighted by atomic mass is 10.2. The van der Waals surface area contributed by atoms with E-state index in [-0.39, 0.29) is 5.91 Å². The predicted molar refractivity (Wildman–Crippen MR) is 94.1 cm³/mol. The maximum atomic E-state index is 11.9. The maximum absolute atomic E-state index is 11.9. The van der Waals surface area contributed by atoms with Crippen molar-refractivity contribution in [1.29, 1.82) is 0 Å². The van der Waals surface area contributed by atoms with E-state index in [9.17, 15) is 4.79 Å². The van der Waals surface area contributed by atoms with Crippen molar-refractivity contribution in [2.45, 2.75) is 26.7 Å². The number of nitrogen functional groups attached to an aromatic ring is 1. The second-order valence-electron chi connectivity index (χ2n) is 5.34. The molecule has 0 aliphatic heterocycles. The molecule has 21 heavy (non-hydrogen) atoms. The monoisotopic (exact) mass is 323 g/mol. The van der Waals surface area contributed by atoms with Gasteiger partial charge in [0.2, 0.25) is 5.91 Å². The number of carbonyl (C=O) groups excluding carboxylic acids is 1. The fourth-order valence-corrected chi connectivity index (χ4v) is 3.86. The smallest absolute Gasteiger partial charge is 0.226 e. The number of rotatable bonds is 7. The molecule has 2 rings (SSSR count). The van der Waals surface area contributed by atoms with Gasteiger partial charge in [0, 0.05) is 17.9 Å². The zero-order valence-corrected chi connectivity index (χ0v) is 14.0. The fraction of sp³-hybridized carbons (Fsp3) is 0.467. The molecule has 0 atom stereocenters. The zero-order chi connectivity index (χ0) is 15.2. The molecule has 0 saturated carbocycles. The van der Waals surface area contributed by atoms with Gasteiger partial charge in [0.05, 0.1) is 10.2 Å². The molecule has 0 aliphatic carbocycles. The third kappa shape index (κ3) is 5.21. The van der Waals surface area contributed by atoms with Crippen molar-refractivity contribution >= 4 is 50.0 Å². The van der Waals surface area contributed by atoms with Crippen LogP contribution in [0.5, 0.6) is 0 Å². The summed E-state index contributed by atoms with van der Waals surface area (Å²) in [5.74, 6) is 2.72. The van der Waals surface area contributed by atoms with E-state index in [4.69, 9.17) is 5.73 Å². The number of thiazole rings is 1. The Morgan fingerprint density at radius 3 is 3.00 bits per heavy atom. The van der Waals surface area contributed by atoms with Gasteiger partial charge in [0.25, 0.3) is 0 Å². The molecule has 0 fully saturated rings. The van der Waals surface area contributed by atoms with Crippen LogP contribution in [0, 0.1) is 5.92 Å². The molecule has 0 aliphatic rings. The maximum Gasteiger partial charge on any atom is 0.226 e. The van der Waals surface area contributed by atoms with Crippen molar-refractivity contribution in [3.05, 3.63) is 18.2 Å². The van der Waals surface area contributed by atoms with Crippen LogP contribution in [0.2, 0.25) is 0 Å². The molecule has 1 heterocycles. The summed E-state index contributed by atoms with van der Waals surface area (Å²) in [6, 6.07) is 5.57. The molecule has 1 aromatic carbocycles. The number of hydrogen-bond acceptors (Lipinski definition) is 5. The first-order valence-corrected chi connectivity index (χ1v) is 9.05. The van der Waals surface area contributed by atoms with Crippen LogP contribution in [-0.2, 0) is 4.79 Å². The Bertz CT molecular complexity index is 610. The second kappa shape index (κ2) is 7.66. The van der Waals surface area contributed by atoms with E-state index in [0.29, 0.717) is 17.2 Å². The first kappa shape index (κ1) is 16.1. The minimum absolute atomic E-state index is 0.0269. The predicted octanol–water partition coefficient (Wildman–Crippen LogP) is 3.99. The minimum atomic E-state index is 0.0269. The largest absolute Gasteiger partial charge is 0.399 e. The van der Waals surface area contributed by atoms with Gasteiger partial charge in [0.15, 0.2) is 5.13 Å². The number of benzene rings is 1. The topological polar surface area (TPSA) is 68.0 Å². The minimum Gasteiger partial charge on any atom is -0.399 e. The quantitative estimate of drug-likeness (QED) is 0.597. The normalized spacial score (nSPS) is 11.2. The van der Waals surface area contributed by atoms with E-state index in [0.717, 1.165) is 27.6 Å². The average Bonchev–Trinajstić information content (AvgIpc) is 2.79. The number of fused-ring (bicyclic) bond motifs is 1. The lowest BCUT2D eigenvalue weighted by molar-refractivity contribution is -0.115. The molecule has 1 amide bonds. The number of nitrogens with one attached hydrogen (secondary N) is 1. The first-order chi connectivity index (χ1) is 10.0. The van der Waals surface area contributed by atoms with Crippen LogP contribution in [-0.4, -0.2) is 22.4 Å². The summed E-state index contributed by atoms with van der Waals surface area (Å²) in [6.45, 7) is 4.43. The van der Waals surface area contributed by atoms with Gasteiger partial charge in [-0.3, -0.25) is 4.79 Å². The Morgan fingerprint density at radius 2 is 2.24 bits per heavy atom. The van der Waals surface area contributed by atoms with Crippen molar-refractivity contribution in [2.24, 2.45) is 5.92 Å². The van der Waals surface area contributed by atoms with Gasteiger partial charge in [-0.2, -0.15) is 11.8 Å². The van der Waals surface area contributed by atoms with Gasteiger partial charge in [0.1, 0.15) is 0 Å². The van der Waals surface area contributed by atoms with E-state index in [2.05, 4.69) is 24.1 Å². The van der Waals surface area contributed by atoms with Gasteiger partial charge in [-0.05, 0) is 36.3 Å². The average molecular weight is 323 g/mol. The number of anilines is 2. The van der Waals surface area contributed by atoms with E-state index in [1.165, 1.54) is 17.8 Å². The Labute approximate surface area is 133 Å². The third-order valence-corrected chi connectivity index (χ3v) is 4.92. The van der Waals surface area contributed by atoms with Crippen molar-refractivity contribution in [3.63, 3.8) is 0 Å². The van der Waals surface area contributed by atoms with Crippen LogP contribution in [0.4, 0.5) is 10.8 Å². The highest BCUT2D eigenvalue weighted by molar-refractivity contribution is 7.99. The molecule has 114 valence electrons. The molecule has 0 saturated heterocycles. The molecule has 0 unspecified atom stereocenters. The van der Waals surface area contributed by atoms with Crippen molar-refractivity contribution in [3.8, 4) is 0 Å². The number of nitrogens with two attached hydrogens (primary N) is 1. The number of thioether (sulfide) groups is 1. The SMILES string of the molecule is CC(C)CCSCCC(=O)Nc1nc2ccc(N)cc2s1. The number of hydrogen-bond donors (Lipinski definition) is 2. The standard InChI is InChI=1S/C15H21N3OS2/c1-10(2)5-7-20-8-6-14(19)18-15-17-12-4-3-11(16)9-13(12)21-15/h3-4,9-10H,5-8,16H2,1-2H3,(H,17,18,19). The lowest BCUT2D eigenvalue weighted by Crippen LogP contribution is -2.12. The van der Waals surface area contributed by atoms with E-state index in [1.54, 1.807) is 0 Å². The van der Waals surface area contributed by atoms with Crippen molar-refractivity contribution in [2.75, 3.05) is 22.6 Å². The summed E-state index contributed by atoms with van der Waals surface area (Å²) in [4.78, 5) is 16.3. The Kier molecular flexibility index (Phi) is 5.87. The summed E-state index contributed by atoms with van der Waals surface area (Å²) in [6.07, 6.45) is 1.73. The summed E-state index contributed by atoms with van der Waals surface area (Å²) in [7, 11) is 0. The number of nitrogens with zero attached hydrogens (tertiary/aromatic N) is 1. The molecule has 2 aromatic rings. The molecule has 0 spiro atoms. The highest BCUT2D eigenvalue weighted by Crippen LogP contribution is 2.27. The summed E-state index contributed by atoms with van der Waals surface area (Å²) in [5.41, 5.74) is 7.32. The second-order valence-corrected chi connectivity index (χ2v) is 7.59. The third-order valence-electron chi connectivity index (χ3n) is 2.97. The molecular weight excluding hydrogens is 302 g/mol. The number of amides is 1. The Hall–Kier alpha value is -1.27. The van der Waals surface area contributed by atoms with Gasteiger partial charge < -0.3 is 11.1 Å². The van der Waals surface area contributed by atoms with Crippen LogP contribution in [0.25, 0.3) is 10.2 Å². The zero-order valence-electron chi connectivity index (χ0n) is 12.4. The molecule has 6 heteroatoms. The van der Waals surface area contributed by atoms with Gasteiger partial charge in [-0.25, -0.2) is 4.98 Å². The van der Waals surface area contributed by atoms with Crippen molar-refractivity contribution < 1.29 is 4.79 Å². The first-order valence-electron chi connectivity index (χ1n) is 7.08. The lowest BCUT2D eigenvalue weighted by Gasteiger charge is -2.04. The summed E-state index contributed by atoms with van der Waals surface area (Å²) in [5, 5.41) is 3.51. The van der Waals surface area contributed by atoms with E-state index in [1.807, 2.05) is 30.0 Å². The summed E-state index contributed by atoms with van der Waals surface area (Å²) >= 11 is 3.29.